The molecule has 0 unspecified atom stereocenters. The van der Waals surface area contributed by atoms with Crippen molar-refractivity contribution in [3.05, 3.63) is 39.7 Å². The molecule has 4 rings (SSSR count). The molecule has 0 bridgehead atoms. The molecule has 3 aromatic heterocycles. The lowest BCUT2D eigenvalue weighted by atomic mass is 10.0. The summed E-state index contributed by atoms with van der Waals surface area (Å²) < 4.78 is 18.0. The van der Waals surface area contributed by atoms with E-state index >= 15 is 4.39 Å². The van der Waals surface area contributed by atoms with Crippen molar-refractivity contribution in [3.63, 3.8) is 0 Å². The van der Waals surface area contributed by atoms with Crippen molar-refractivity contribution in [1.29, 1.82) is 0 Å². The van der Waals surface area contributed by atoms with Crippen molar-refractivity contribution >= 4 is 39.5 Å². The highest BCUT2D eigenvalue weighted by molar-refractivity contribution is 6.34. The summed E-state index contributed by atoms with van der Waals surface area (Å²) in [6.07, 6.45) is 1.59. The number of nitrogens with zero attached hydrogens (tertiary/aromatic N) is 5. The number of H-pyrrole nitrogens is 1. The van der Waals surface area contributed by atoms with Crippen molar-refractivity contribution in [1.82, 2.24) is 24.3 Å². The van der Waals surface area contributed by atoms with E-state index in [9.17, 15) is 4.79 Å². The molecule has 0 fully saturated rings. The maximum atomic E-state index is 15.2. The van der Waals surface area contributed by atoms with Gasteiger partial charge in [0.15, 0.2) is 0 Å². The molecule has 0 saturated heterocycles. The van der Waals surface area contributed by atoms with Crippen LogP contribution >= 0.6 is 11.6 Å². The summed E-state index contributed by atoms with van der Waals surface area (Å²) in [5.74, 6) is -0.0117. The van der Waals surface area contributed by atoms with Gasteiger partial charge < -0.3 is 9.88 Å². The van der Waals surface area contributed by atoms with Gasteiger partial charge in [-0.1, -0.05) is 11.6 Å². The first-order valence-corrected chi connectivity index (χ1v) is 8.25. The Labute approximate surface area is 152 Å². The van der Waals surface area contributed by atoms with Crippen LogP contribution in [0.3, 0.4) is 0 Å². The second kappa shape index (κ2) is 5.57. The van der Waals surface area contributed by atoms with E-state index in [0.717, 1.165) is 0 Å². The number of rotatable bonds is 2. The van der Waals surface area contributed by atoms with Crippen LogP contribution in [0.1, 0.15) is 0 Å². The van der Waals surface area contributed by atoms with E-state index in [1.54, 1.807) is 51.4 Å². The molecule has 3 heterocycles. The molecule has 1 N–H and O–H groups in total. The van der Waals surface area contributed by atoms with Gasteiger partial charge in [-0.05, 0) is 12.1 Å². The molecule has 0 radical (unpaired) electrons. The van der Waals surface area contributed by atoms with E-state index in [1.807, 2.05) is 0 Å². The minimum absolute atomic E-state index is 0.208. The van der Waals surface area contributed by atoms with Crippen LogP contribution in [0, 0.1) is 5.82 Å². The molecule has 134 valence electrons. The topological polar surface area (TPSA) is 71.7 Å². The quantitative estimate of drug-likeness (QED) is 0.585. The fraction of sp³-hybridized carbons (Fsp3) is 0.235. The van der Waals surface area contributed by atoms with Gasteiger partial charge >= 0.3 is 0 Å². The highest BCUT2D eigenvalue weighted by atomic mass is 35.5. The number of aryl methyl sites for hydroxylation is 1. The van der Waals surface area contributed by atoms with Gasteiger partial charge in [-0.2, -0.15) is 10.1 Å². The Hall–Kier alpha value is -2.87. The van der Waals surface area contributed by atoms with Crippen LogP contribution in [0.5, 0.6) is 0 Å². The van der Waals surface area contributed by atoms with Gasteiger partial charge in [0.25, 0.3) is 5.56 Å². The fourth-order valence-electron chi connectivity index (χ4n) is 3.18. The lowest BCUT2D eigenvalue weighted by Gasteiger charge is -2.15. The van der Waals surface area contributed by atoms with Crippen molar-refractivity contribution < 1.29 is 4.39 Å². The number of nitrogens with one attached hydrogen (secondary N) is 1. The summed E-state index contributed by atoms with van der Waals surface area (Å²) in [6, 6.07) is 3.29. The third-order valence-electron chi connectivity index (χ3n) is 4.45. The largest absolute Gasteiger partial charge is 0.348 e. The van der Waals surface area contributed by atoms with E-state index in [1.165, 1.54) is 9.25 Å². The molecule has 0 aliphatic heterocycles. The van der Waals surface area contributed by atoms with Crippen LogP contribution in [0.2, 0.25) is 5.15 Å². The zero-order valence-electron chi connectivity index (χ0n) is 14.6. The summed E-state index contributed by atoms with van der Waals surface area (Å²) >= 11 is 6.18. The third kappa shape index (κ3) is 2.15. The molecule has 26 heavy (non-hydrogen) atoms. The van der Waals surface area contributed by atoms with E-state index in [4.69, 9.17) is 11.6 Å². The van der Waals surface area contributed by atoms with Gasteiger partial charge in [-0.3, -0.25) is 14.0 Å². The predicted octanol–water partition coefficient (Wildman–Crippen LogP) is 2.67. The van der Waals surface area contributed by atoms with Gasteiger partial charge in [-0.25, -0.2) is 4.39 Å². The molecule has 4 aromatic rings. The maximum absolute atomic E-state index is 15.2. The number of aromatic nitrogens is 5. The molecular weight excluding hydrogens is 359 g/mol. The minimum atomic E-state index is -0.514. The Morgan fingerprint density at radius 2 is 1.92 bits per heavy atom. The second-order valence-corrected chi connectivity index (χ2v) is 6.69. The first kappa shape index (κ1) is 16.6. The van der Waals surface area contributed by atoms with Gasteiger partial charge in [0, 0.05) is 45.5 Å². The summed E-state index contributed by atoms with van der Waals surface area (Å²) in [6.45, 7) is 0. The molecule has 0 atom stereocenters. The summed E-state index contributed by atoms with van der Waals surface area (Å²) in [4.78, 5) is 22.0. The summed E-state index contributed by atoms with van der Waals surface area (Å²) in [5, 5.41) is 4.94. The van der Waals surface area contributed by atoms with E-state index in [2.05, 4.69) is 15.1 Å². The number of aromatic amines is 1. The number of benzene rings is 1. The van der Waals surface area contributed by atoms with Crippen molar-refractivity contribution in [2.75, 3.05) is 19.0 Å². The molecule has 9 heteroatoms. The number of halogens is 2. The van der Waals surface area contributed by atoms with Crippen LogP contribution < -0.4 is 10.5 Å². The smallest absolute Gasteiger partial charge is 0.264 e. The average molecular weight is 375 g/mol. The van der Waals surface area contributed by atoms with Crippen molar-refractivity contribution in [2.45, 2.75) is 0 Å². The molecule has 1 aromatic carbocycles. The van der Waals surface area contributed by atoms with Gasteiger partial charge in [0.05, 0.1) is 16.3 Å². The van der Waals surface area contributed by atoms with Crippen LogP contribution in [0.15, 0.2) is 23.1 Å². The standard InChI is InChI=1S/C17H16ClFN6O/c1-23(2)17-21-15-11(16(26)24(17)3)9(7-20-15)8-5-6-10-12(13(8)19)14(18)25(4)22-10/h5-7,20H,1-4H3. The van der Waals surface area contributed by atoms with E-state index in [0.29, 0.717) is 28.1 Å². The Kier molecular flexibility index (Phi) is 3.55. The molecular formula is C17H16ClFN6O. The minimum Gasteiger partial charge on any atom is -0.348 e. The molecule has 0 saturated carbocycles. The Bertz CT molecular complexity index is 1240. The maximum Gasteiger partial charge on any atom is 0.264 e. The van der Waals surface area contributed by atoms with E-state index in [-0.39, 0.29) is 21.7 Å². The van der Waals surface area contributed by atoms with Crippen LogP contribution in [0.25, 0.3) is 33.1 Å². The average Bonchev–Trinajstić information content (AvgIpc) is 3.13. The Morgan fingerprint density at radius 1 is 1.19 bits per heavy atom. The van der Waals surface area contributed by atoms with Gasteiger partial charge in [0.1, 0.15) is 16.6 Å². The highest BCUT2D eigenvalue weighted by Gasteiger charge is 2.21. The van der Waals surface area contributed by atoms with Crippen LogP contribution in [-0.4, -0.2) is 38.4 Å². The van der Waals surface area contributed by atoms with Crippen molar-refractivity contribution in [2.24, 2.45) is 14.1 Å². The Balaban J connectivity index is 2.06. The zero-order chi connectivity index (χ0) is 18.7. The first-order chi connectivity index (χ1) is 12.3. The van der Waals surface area contributed by atoms with Crippen molar-refractivity contribution in [3.8, 4) is 11.1 Å². The lowest BCUT2D eigenvalue weighted by Crippen LogP contribution is -2.26. The molecule has 7 nitrogen and oxygen atoms in total. The SMILES string of the molecule is CN(C)c1nc2[nH]cc(-c3ccc4nn(C)c(Cl)c4c3F)c2c(=O)n1C. The molecule has 0 amide bonds. The van der Waals surface area contributed by atoms with Gasteiger partial charge in [-0.15, -0.1) is 0 Å². The second-order valence-electron chi connectivity index (χ2n) is 6.33. The zero-order valence-corrected chi connectivity index (χ0v) is 15.4. The number of hydrogen-bond donors (Lipinski definition) is 1. The van der Waals surface area contributed by atoms with Crippen LogP contribution in [-0.2, 0) is 14.1 Å². The van der Waals surface area contributed by atoms with Crippen LogP contribution in [0.4, 0.5) is 10.3 Å². The van der Waals surface area contributed by atoms with Gasteiger partial charge in [0.2, 0.25) is 5.95 Å². The predicted molar refractivity (Wildman–Crippen MR) is 100 cm³/mol. The summed E-state index contributed by atoms with van der Waals surface area (Å²) in [7, 11) is 6.89. The number of fused-ring (bicyclic) bond motifs is 2. The highest BCUT2D eigenvalue weighted by Crippen LogP contribution is 2.34. The molecule has 0 aliphatic carbocycles. The molecule has 0 spiro atoms. The first-order valence-electron chi connectivity index (χ1n) is 7.87. The Morgan fingerprint density at radius 3 is 2.62 bits per heavy atom. The summed E-state index contributed by atoms with van der Waals surface area (Å²) in [5.41, 5.74) is 1.32. The monoisotopic (exact) mass is 374 g/mol. The normalized spacial score (nSPS) is 11.6. The number of anilines is 1. The fourth-order valence-corrected chi connectivity index (χ4v) is 3.40. The number of hydrogen-bond acceptors (Lipinski definition) is 4. The van der Waals surface area contributed by atoms with E-state index < -0.39 is 5.82 Å². The third-order valence-corrected chi connectivity index (χ3v) is 4.88. The molecule has 0 aliphatic rings. The lowest BCUT2D eigenvalue weighted by molar-refractivity contribution is 0.643.